The number of aryl methyl sites for hydroxylation is 1. The number of nitrogens with one attached hydrogen (secondary N) is 2. The molecule has 2 N–H and O–H groups in total. The Morgan fingerprint density at radius 1 is 1.15 bits per heavy atom. The molecular weight excluding hydrogens is 322 g/mol. The van der Waals surface area contributed by atoms with Gasteiger partial charge in [-0.2, -0.15) is 0 Å². The second kappa shape index (κ2) is 7.18. The predicted molar refractivity (Wildman–Crippen MR) is 107 cm³/mol. The molecule has 1 amide bonds. The highest BCUT2D eigenvalue weighted by Gasteiger charge is 2.17. The van der Waals surface area contributed by atoms with Crippen LogP contribution < -0.4 is 5.32 Å². The Hall–Kier alpha value is -2.85. The van der Waals surface area contributed by atoms with Crippen molar-refractivity contribution in [2.75, 3.05) is 25.0 Å². The summed E-state index contributed by atoms with van der Waals surface area (Å²) in [4.78, 5) is 17.9. The molecular formula is C22H23N3O. The Labute approximate surface area is 153 Å². The first-order valence-corrected chi connectivity index (χ1v) is 9.04. The number of nitrogens with zero attached hydrogens (tertiary/aromatic N) is 1. The molecule has 2 heterocycles. The third kappa shape index (κ3) is 3.41. The van der Waals surface area contributed by atoms with Crippen molar-refractivity contribution < 1.29 is 4.79 Å². The number of carbonyl (C=O) groups excluding carboxylic acids is 1. The van der Waals surface area contributed by atoms with Crippen molar-refractivity contribution in [3.05, 3.63) is 71.9 Å². The maximum atomic E-state index is 12.3. The van der Waals surface area contributed by atoms with Gasteiger partial charge in [0.25, 0.3) is 0 Å². The Bertz CT molecular complexity index is 970. The van der Waals surface area contributed by atoms with Crippen LogP contribution in [-0.4, -0.2) is 35.4 Å². The van der Waals surface area contributed by atoms with Crippen LogP contribution >= 0.6 is 0 Å². The fourth-order valence-electron chi connectivity index (χ4n) is 3.54. The fourth-order valence-corrected chi connectivity index (χ4v) is 3.54. The van der Waals surface area contributed by atoms with Gasteiger partial charge in [-0.3, -0.25) is 9.69 Å². The largest absolute Gasteiger partial charge is 0.361 e. The summed E-state index contributed by atoms with van der Waals surface area (Å²) in [6.07, 6.45) is 5.30. The Morgan fingerprint density at radius 3 is 2.77 bits per heavy atom. The van der Waals surface area contributed by atoms with E-state index in [1.807, 2.05) is 37.3 Å². The smallest absolute Gasteiger partial charge is 0.238 e. The van der Waals surface area contributed by atoms with Gasteiger partial charge in [0.05, 0.1) is 6.54 Å². The highest BCUT2D eigenvalue weighted by atomic mass is 16.2. The van der Waals surface area contributed by atoms with Gasteiger partial charge >= 0.3 is 0 Å². The zero-order valence-corrected chi connectivity index (χ0v) is 15.0. The van der Waals surface area contributed by atoms with Crippen LogP contribution in [0.1, 0.15) is 17.5 Å². The van der Waals surface area contributed by atoms with Gasteiger partial charge in [0, 0.05) is 41.4 Å². The second-order valence-corrected chi connectivity index (χ2v) is 6.83. The number of hydrogen-bond donors (Lipinski definition) is 2. The molecule has 0 saturated heterocycles. The van der Waals surface area contributed by atoms with E-state index >= 15 is 0 Å². The zero-order valence-electron chi connectivity index (χ0n) is 15.0. The van der Waals surface area contributed by atoms with E-state index in [1.54, 1.807) is 0 Å². The van der Waals surface area contributed by atoms with Crippen molar-refractivity contribution in [3.63, 3.8) is 0 Å². The number of amides is 1. The molecule has 0 unspecified atom stereocenters. The molecule has 4 rings (SSSR count). The van der Waals surface area contributed by atoms with E-state index in [1.165, 1.54) is 22.0 Å². The van der Waals surface area contributed by atoms with Crippen molar-refractivity contribution in [2.24, 2.45) is 0 Å². The van der Waals surface area contributed by atoms with E-state index < -0.39 is 0 Å². The zero-order chi connectivity index (χ0) is 17.9. The molecule has 1 aliphatic heterocycles. The van der Waals surface area contributed by atoms with Gasteiger partial charge < -0.3 is 10.3 Å². The van der Waals surface area contributed by atoms with Crippen molar-refractivity contribution in [1.29, 1.82) is 0 Å². The van der Waals surface area contributed by atoms with Crippen molar-refractivity contribution in [2.45, 2.75) is 13.3 Å². The molecule has 4 nitrogen and oxygen atoms in total. The third-order valence-corrected chi connectivity index (χ3v) is 5.01. The molecule has 0 radical (unpaired) electrons. The molecule has 132 valence electrons. The van der Waals surface area contributed by atoms with Crippen molar-refractivity contribution in [1.82, 2.24) is 9.88 Å². The summed E-state index contributed by atoms with van der Waals surface area (Å²) in [5.74, 6) is 0.0447. The minimum atomic E-state index is 0.0447. The lowest BCUT2D eigenvalue weighted by Crippen LogP contribution is -2.36. The number of aromatic nitrogens is 1. The van der Waals surface area contributed by atoms with Gasteiger partial charge in [-0.05, 0) is 36.6 Å². The number of H-pyrrole nitrogens is 1. The number of rotatable bonds is 4. The van der Waals surface area contributed by atoms with Crippen LogP contribution in [0.4, 0.5) is 5.69 Å². The molecule has 2 aromatic carbocycles. The number of fused-ring (bicyclic) bond motifs is 1. The maximum Gasteiger partial charge on any atom is 0.238 e. The summed E-state index contributed by atoms with van der Waals surface area (Å²) in [5.41, 5.74) is 5.79. The number of benzene rings is 2. The predicted octanol–water partition coefficient (Wildman–Crippen LogP) is 4.20. The number of para-hydroxylation sites is 2. The van der Waals surface area contributed by atoms with Gasteiger partial charge in [0.15, 0.2) is 0 Å². The summed E-state index contributed by atoms with van der Waals surface area (Å²) in [6.45, 7) is 4.13. The molecule has 0 spiro atoms. The Morgan fingerprint density at radius 2 is 1.96 bits per heavy atom. The first kappa shape index (κ1) is 16.6. The molecule has 26 heavy (non-hydrogen) atoms. The van der Waals surface area contributed by atoms with Crippen LogP contribution in [0.5, 0.6) is 0 Å². The van der Waals surface area contributed by atoms with Crippen molar-refractivity contribution >= 4 is 28.1 Å². The monoisotopic (exact) mass is 345 g/mol. The van der Waals surface area contributed by atoms with Gasteiger partial charge in [0.1, 0.15) is 0 Å². The summed E-state index contributed by atoms with van der Waals surface area (Å²) in [6, 6.07) is 16.3. The molecule has 0 bridgehead atoms. The maximum absolute atomic E-state index is 12.3. The number of aromatic amines is 1. The quantitative estimate of drug-likeness (QED) is 0.744. The van der Waals surface area contributed by atoms with E-state index in [2.05, 4.69) is 45.7 Å². The van der Waals surface area contributed by atoms with E-state index in [9.17, 15) is 4.79 Å². The number of anilines is 1. The van der Waals surface area contributed by atoms with Crippen LogP contribution in [0.15, 0.2) is 60.8 Å². The first-order chi connectivity index (χ1) is 12.7. The van der Waals surface area contributed by atoms with Crippen LogP contribution in [0, 0.1) is 6.92 Å². The summed E-state index contributed by atoms with van der Waals surface area (Å²) >= 11 is 0. The van der Waals surface area contributed by atoms with Crippen LogP contribution in [0.3, 0.4) is 0 Å². The highest BCUT2D eigenvalue weighted by molar-refractivity contribution is 5.94. The molecule has 0 atom stereocenters. The average molecular weight is 345 g/mol. The molecule has 3 aromatic rings. The SMILES string of the molecule is Cc1ccccc1NC(=O)CN1CC=C(c2c[nH]c3ccccc23)CC1. The lowest BCUT2D eigenvalue weighted by Gasteiger charge is -2.25. The molecule has 1 aliphatic rings. The third-order valence-electron chi connectivity index (χ3n) is 5.01. The lowest BCUT2D eigenvalue weighted by molar-refractivity contribution is -0.117. The minimum Gasteiger partial charge on any atom is -0.361 e. The van der Waals surface area contributed by atoms with Gasteiger partial charge in [-0.25, -0.2) is 0 Å². The van der Waals surface area contributed by atoms with Crippen LogP contribution in [0.25, 0.3) is 16.5 Å². The average Bonchev–Trinajstić information content (AvgIpc) is 3.08. The second-order valence-electron chi connectivity index (χ2n) is 6.83. The fraction of sp³-hybridized carbons (Fsp3) is 0.227. The Balaban J connectivity index is 1.40. The summed E-state index contributed by atoms with van der Waals surface area (Å²) < 4.78 is 0. The molecule has 1 aromatic heterocycles. The minimum absolute atomic E-state index is 0.0447. The van der Waals surface area contributed by atoms with E-state index in [0.717, 1.165) is 30.8 Å². The summed E-state index contributed by atoms with van der Waals surface area (Å²) in [7, 11) is 0. The Kier molecular flexibility index (Phi) is 4.59. The standard InChI is InChI=1S/C22H23N3O/c1-16-6-2-4-8-20(16)24-22(26)15-25-12-10-17(11-13-25)19-14-23-21-9-5-3-7-18(19)21/h2-10,14,23H,11-13,15H2,1H3,(H,24,26). The van der Waals surface area contributed by atoms with E-state index in [4.69, 9.17) is 0 Å². The van der Waals surface area contributed by atoms with E-state index in [-0.39, 0.29) is 5.91 Å². The highest BCUT2D eigenvalue weighted by Crippen LogP contribution is 2.29. The van der Waals surface area contributed by atoms with E-state index in [0.29, 0.717) is 6.54 Å². The molecule has 0 saturated carbocycles. The molecule has 0 fully saturated rings. The van der Waals surface area contributed by atoms with Crippen LogP contribution in [0.2, 0.25) is 0 Å². The number of hydrogen-bond acceptors (Lipinski definition) is 2. The number of carbonyl (C=O) groups is 1. The summed E-state index contributed by atoms with van der Waals surface area (Å²) in [5, 5.41) is 4.28. The lowest BCUT2D eigenvalue weighted by atomic mass is 9.99. The normalized spacial score (nSPS) is 15.0. The molecule has 0 aliphatic carbocycles. The van der Waals surface area contributed by atoms with Gasteiger partial charge in [-0.15, -0.1) is 0 Å². The van der Waals surface area contributed by atoms with Crippen LogP contribution in [-0.2, 0) is 4.79 Å². The van der Waals surface area contributed by atoms with Crippen molar-refractivity contribution in [3.8, 4) is 0 Å². The topological polar surface area (TPSA) is 48.1 Å². The van der Waals surface area contributed by atoms with Gasteiger partial charge in [-0.1, -0.05) is 42.5 Å². The first-order valence-electron chi connectivity index (χ1n) is 9.04. The molecule has 4 heteroatoms. The van der Waals surface area contributed by atoms with Gasteiger partial charge in [0.2, 0.25) is 5.91 Å².